The molecular formula is C9H19N3O3S. The minimum Gasteiger partial charge on any atom is -0.468 e. The Morgan fingerprint density at radius 3 is 2.69 bits per heavy atom. The highest BCUT2D eigenvalue weighted by molar-refractivity contribution is 7.78. The Balaban J connectivity index is 3.71. The van der Waals surface area contributed by atoms with Crippen LogP contribution < -0.4 is 4.72 Å². The molecule has 0 saturated carbocycles. The van der Waals surface area contributed by atoms with Crippen LogP contribution in [0.1, 0.15) is 26.2 Å². The van der Waals surface area contributed by atoms with Gasteiger partial charge in [-0.05, 0) is 26.2 Å². The molecule has 0 heterocycles. The number of rotatable bonds is 7. The van der Waals surface area contributed by atoms with Gasteiger partial charge in [0.05, 0.1) is 7.11 Å². The Kier molecular flexibility index (Phi) is 7.96. The van der Waals surface area contributed by atoms with Crippen molar-refractivity contribution in [3.8, 4) is 0 Å². The highest BCUT2D eigenvalue weighted by atomic mass is 32.1. The Labute approximate surface area is 101 Å². The van der Waals surface area contributed by atoms with E-state index in [9.17, 15) is 10.0 Å². The molecule has 0 aliphatic carbocycles. The molecule has 0 fully saturated rings. The summed E-state index contributed by atoms with van der Waals surface area (Å²) in [6, 6.07) is -0.429. The molecule has 0 rings (SSSR count). The fraction of sp³-hybridized carbons (Fsp3) is 0.778. The highest BCUT2D eigenvalue weighted by Crippen LogP contribution is 2.04. The standard InChI is InChI=1S/C9H19N3O3S/c1-7(10)12(14)6-4-3-5-8(11-16)9(13)15-2/h8,10-11,14,16H,3-6H2,1-2H3/t8-/m0/s1. The first-order chi connectivity index (χ1) is 7.52. The molecule has 0 radical (unpaired) electrons. The van der Waals surface area contributed by atoms with Gasteiger partial charge < -0.3 is 4.74 Å². The molecular weight excluding hydrogens is 230 g/mol. The van der Waals surface area contributed by atoms with Crippen molar-refractivity contribution in [2.24, 2.45) is 0 Å². The number of nitrogens with zero attached hydrogens (tertiary/aromatic N) is 1. The second-order valence-electron chi connectivity index (χ2n) is 3.41. The molecule has 7 heteroatoms. The summed E-state index contributed by atoms with van der Waals surface area (Å²) in [7, 11) is 1.33. The Hall–Kier alpha value is -0.790. The first-order valence-electron chi connectivity index (χ1n) is 5.02. The van der Waals surface area contributed by atoms with E-state index in [-0.39, 0.29) is 11.8 Å². The van der Waals surface area contributed by atoms with E-state index >= 15 is 0 Å². The minimum absolute atomic E-state index is 0.108. The van der Waals surface area contributed by atoms with Gasteiger partial charge in [-0.25, -0.2) is 5.06 Å². The predicted molar refractivity (Wildman–Crippen MR) is 63.7 cm³/mol. The third-order valence-electron chi connectivity index (χ3n) is 2.14. The smallest absolute Gasteiger partial charge is 0.323 e. The van der Waals surface area contributed by atoms with E-state index in [4.69, 9.17) is 5.41 Å². The number of thiol groups is 1. The minimum atomic E-state index is -0.429. The van der Waals surface area contributed by atoms with Crippen molar-refractivity contribution in [1.29, 1.82) is 5.41 Å². The number of carbonyl (C=O) groups is 1. The molecule has 0 aromatic carbocycles. The normalized spacial score (nSPS) is 12.0. The monoisotopic (exact) mass is 249 g/mol. The third-order valence-corrected chi connectivity index (χ3v) is 2.45. The summed E-state index contributed by atoms with van der Waals surface area (Å²) in [5, 5.41) is 17.2. The Morgan fingerprint density at radius 2 is 2.25 bits per heavy atom. The molecule has 0 amide bonds. The first-order valence-corrected chi connectivity index (χ1v) is 5.46. The van der Waals surface area contributed by atoms with Gasteiger partial charge in [-0.2, -0.15) is 0 Å². The quantitative estimate of drug-likeness (QED) is 0.134. The van der Waals surface area contributed by atoms with E-state index in [0.717, 1.165) is 11.5 Å². The van der Waals surface area contributed by atoms with Gasteiger partial charge in [0, 0.05) is 6.54 Å². The molecule has 3 N–H and O–H groups in total. The van der Waals surface area contributed by atoms with E-state index in [1.165, 1.54) is 14.0 Å². The van der Waals surface area contributed by atoms with Crippen molar-refractivity contribution in [3.05, 3.63) is 0 Å². The fourth-order valence-corrected chi connectivity index (χ4v) is 1.39. The van der Waals surface area contributed by atoms with Crippen LogP contribution in [0.3, 0.4) is 0 Å². The molecule has 0 aromatic heterocycles. The number of carbonyl (C=O) groups excluding carboxylic acids is 1. The zero-order valence-electron chi connectivity index (χ0n) is 9.56. The molecule has 0 aliphatic rings. The molecule has 0 spiro atoms. The second-order valence-corrected chi connectivity index (χ2v) is 3.67. The summed E-state index contributed by atoms with van der Waals surface area (Å²) < 4.78 is 7.14. The second kappa shape index (κ2) is 8.37. The van der Waals surface area contributed by atoms with Crippen molar-refractivity contribution < 1.29 is 14.7 Å². The van der Waals surface area contributed by atoms with Gasteiger partial charge in [-0.3, -0.25) is 20.1 Å². The topological polar surface area (TPSA) is 85.7 Å². The van der Waals surface area contributed by atoms with Crippen LogP contribution in [0.5, 0.6) is 0 Å². The molecule has 0 aliphatic heterocycles. The van der Waals surface area contributed by atoms with Crippen LogP contribution in [-0.2, 0) is 9.53 Å². The van der Waals surface area contributed by atoms with Gasteiger partial charge in [0.25, 0.3) is 0 Å². The van der Waals surface area contributed by atoms with Crippen LogP contribution in [-0.4, -0.2) is 41.8 Å². The molecule has 0 unspecified atom stereocenters. The molecule has 0 aromatic rings. The lowest BCUT2D eigenvalue weighted by molar-refractivity contribution is -0.142. The number of unbranched alkanes of at least 4 members (excludes halogenated alkanes) is 1. The average molecular weight is 249 g/mol. The summed E-state index contributed by atoms with van der Waals surface area (Å²) in [6.07, 6.45) is 2.01. The SMILES string of the molecule is COC(=O)[C@H](CCCCN(O)C(C)=N)NS. The maximum Gasteiger partial charge on any atom is 0.323 e. The highest BCUT2D eigenvalue weighted by Gasteiger charge is 2.16. The van der Waals surface area contributed by atoms with Crippen molar-refractivity contribution in [1.82, 2.24) is 9.79 Å². The van der Waals surface area contributed by atoms with Crippen molar-refractivity contribution in [2.75, 3.05) is 13.7 Å². The largest absolute Gasteiger partial charge is 0.468 e. The van der Waals surface area contributed by atoms with Crippen molar-refractivity contribution in [2.45, 2.75) is 32.2 Å². The van der Waals surface area contributed by atoms with E-state index in [1.54, 1.807) is 0 Å². The van der Waals surface area contributed by atoms with Crippen LogP contribution in [0, 0.1) is 5.41 Å². The van der Waals surface area contributed by atoms with Gasteiger partial charge in [0.1, 0.15) is 11.9 Å². The van der Waals surface area contributed by atoms with Crippen molar-refractivity contribution in [3.63, 3.8) is 0 Å². The van der Waals surface area contributed by atoms with Crippen LogP contribution in [0.4, 0.5) is 0 Å². The molecule has 6 nitrogen and oxygen atoms in total. The summed E-state index contributed by atoms with van der Waals surface area (Å²) in [5.41, 5.74) is 0. The van der Waals surface area contributed by atoms with Crippen LogP contribution in [0.2, 0.25) is 0 Å². The maximum atomic E-state index is 11.2. The van der Waals surface area contributed by atoms with E-state index in [2.05, 4.69) is 22.3 Å². The van der Waals surface area contributed by atoms with Gasteiger partial charge in [-0.15, -0.1) is 0 Å². The van der Waals surface area contributed by atoms with Crippen LogP contribution in [0.15, 0.2) is 0 Å². The molecule has 0 saturated heterocycles. The number of nitrogens with one attached hydrogen (secondary N) is 2. The molecule has 0 bridgehead atoms. The summed E-state index contributed by atoms with van der Waals surface area (Å²) in [5.74, 6) is -0.240. The number of esters is 1. The number of hydroxylamine groups is 2. The summed E-state index contributed by atoms with van der Waals surface area (Å²) >= 11 is 3.84. The Bertz CT molecular complexity index is 238. The van der Waals surface area contributed by atoms with Crippen LogP contribution in [0.25, 0.3) is 0 Å². The lowest BCUT2D eigenvalue weighted by Crippen LogP contribution is -2.32. The predicted octanol–water partition coefficient (Wildman–Crippen LogP) is 0.821. The van der Waals surface area contributed by atoms with E-state index in [0.29, 0.717) is 19.4 Å². The molecule has 16 heavy (non-hydrogen) atoms. The van der Waals surface area contributed by atoms with Gasteiger partial charge >= 0.3 is 5.97 Å². The lowest BCUT2D eigenvalue weighted by Gasteiger charge is -2.16. The number of hydrogen-bond donors (Lipinski definition) is 4. The van der Waals surface area contributed by atoms with Gasteiger partial charge in [0.2, 0.25) is 0 Å². The maximum absolute atomic E-state index is 11.2. The third kappa shape index (κ3) is 5.94. The summed E-state index contributed by atoms with van der Waals surface area (Å²) in [4.78, 5) is 11.2. The molecule has 94 valence electrons. The van der Waals surface area contributed by atoms with E-state index < -0.39 is 6.04 Å². The zero-order valence-corrected chi connectivity index (χ0v) is 10.5. The summed E-state index contributed by atoms with van der Waals surface area (Å²) in [6.45, 7) is 1.89. The zero-order chi connectivity index (χ0) is 12.6. The Morgan fingerprint density at radius 1 is 1.62 bits per heavy atom. The average Bonchev–Trinajstić information content (AvgIpc) is 2.27. The van der Waals surface area contributed by atoms with E-state index in [1.807, 2.05) is 0 Å². The first kappa shape index (κ1) is 15.2. The fourth-order valence-electron chi connectivity index (χ4n) is 1.16. The number of ether oxygens (including phenoxy) is 1. The lowest BCUT2D eigenvalue weighted by atomic mass is 10.1. The van der Waals surface area contributed by atoms with Gasteiger partial charge in [-0.1, -0.05) is 12.8 Å². The van der Waals surface area contributed by atoms with Crippen LogP contribution >= 0.6 is 12.8 Å². The van der Waals surface area contributed by atoms with Crippen molar-refractivity contribution >= 4 is 24.6 Å². The molecule has 1 atom stereocenters. The number of methoxy groups -OCH3 is 1. The number of amidine groups is 1. The number of hydrogen-bond acceptors (Lipinski definition) is 6. The van der Waals surface area contributed by atoms with Gasteiger partial charge in [0.15, 0.2) is 0 Å².